The van der Waals surface area contributed by atoms with Crippen molar-refractivity contribution in [1.29, 1.82) is 0 Å². The molecule has 0 spiro atoms. The van der Waals surface area contributed by atoms with E-state index in [1.807, 2.05) is 33.8 Å². The number of sulfonamides is 1. The van der Waals surface area contributed by atoms with Crippen LogP contribution in [-0.2, 0) is 20.6 Å². The van der Waals surface area contributed by atoms with Gasteiger partial charge in [-0.3, -0.25) is 4.79 Å². The van der Waals surface area contributed by atoms with Crippen LogP contribution in [0.3, 0.4) is 0 Å². The maximum atomic E-state index is 12.2. The third-order valence-corrected chi connectivity index (χ3v) is 4.93. The van der Waals surface area contributed by atoms with Crippen LogP contribution in [0.15, 0.2) is 30.3 Å². The minimum atomic E-state index is -3.47. The zero-order chi connectivity index (χ0) is 17.2. The van der Waals surface area contributed by atoms with Gasteiger partial charge in [-0.15, -0.1) is 0 Å². The molecular weight excluding hydrogens is 300 g/mol. The van der Waals surface area contributed by atoms with E-state index < -0.39 is 22.0 Å². The lowest BCUT2D eigenvalue weighted by Gasteiger charge is -2.21. The van der Waals surface area contributed by atoms with Crippen LogP contribution < -0.4 is 5.73 Å². The van der Waals surface area contributed by atoms with Gasteiger partial charge in [-0.1, -0.05) is 58.0 Å². The maximum Gasteiger partial charge on any atom is 0.235 e. The van der Waals surface area contributed by atoms with Gasteiger partial charge >= 0.3 is 0 Å². The molecule has 1 amide bonds. The molecule has 0 saturated carbocycles. The second-order valence-electron chi connectivity index (χ2n) is 4.41. The average Bonchev–Trinajstić information content (AvgIpc) is 3.03. The summed E-state index contributed by atoms with van der Waals surface area (Å²) >= 11 is 0. The first kappa shape index (κ1) is 20.6. The number of benzene rings is 1. The van der Waals surface area contributed by atoms with Gasteiger partial charge in [-0.05, 0) is 18.4 Å². The Morgan fingerprint density at radius 3 is 2.23 bits per heavy atom. The number of nitrogens with zero attached hydrogens (tertiary/aromatic N) is 1. The highest BCUT2D eigenvalue weighted by atomic mass is 32.2. The molecule has 1 unspecified atom stereocenters. The molecule has 0 aromatic heterocycles. The molecule has 22 heavy (non-hydrogen) atoms. The Bertz CT molecular complexity index is 530. The molecule has 1 aliphatic heterocycles. The molecule has 0 bridgehead atoms. The van der Waals surface area contributed by atoms with E-state index in [0.29, 0.717) is 24.9 Å². The molecule has 5 nitrogen and oxygen atoms in total. The van der Waals surface area contributed by atoms with Gasteiger partial charge in [0, 0.05) is 6.54 Å². The van der Waals surface area contributed by atoms with Crippen molar-refractivity contribution in [3.8, 4) is 0 Å². The van der Waals surface area contributed by atoms with Crippen LogP contribution in [-0.4, -0.2) is 31.2 Å². The van der Waals surface area contributed by atoms with Crippen molar-refractivity contribution < 1.29 is 13.2 Å². The Hall–Kier alpha value is -1.40. The molecule has 1 heterocycles. The van der Waals surface area contributed by atoms with Crippen LogP contribution in [0.4, 0.5) is 0 Å². The molecule has 2 rings (SSSR count). The first-order valence-electron chi connectivity index (χ1n) is 7.83. The number of rotatable bonds is 4. The van der Waals surface area contributed by atoms with E-state index in [0.717, 1.165) is 0 Å². The van der Waals surface area contributed by atoms with E-state index in [4.69, 9.17) is 5.73 Å². The minimum Gasteiger partial charge on any atom is -0.368 e. The molecule has 1 aromatic carbocycles. The first-order valence-corrected chi connectivity index (χ1v) is 9.44. The van der Waals surface area contributed by atoms with Crippen molar-refractivity contribution in [3.63, 3.8) is 0 Å². The normalized spacial score (nSPS) is 17.7. The standard InChI is InChI=1S/C12H16N2O3S.2C2H6/c13-12(15)11-7-4-8-14(11)18(16,17)9-10-5-2-1-3-6-10;2*1-2/h1-3,5-6,11H,4,7-9H2,(H2,13,15);2*1-2H3. The summed E-state index contributed by atoms with van der Waals surface area (Å²) < 4.78 is 25.7. The average molecular weight is 328 g/mol. The lowest BCUT2D eigenvalue weighted by Crippen LogP contribution is -2.44. The number of carbonyl (C=O) groups excluding carboxylic acids is 1. The molecule has 0 radical (unpaired) electrons. The number of hydrogen-bond acceptors (Lipinski definition) is 3. The number of hydrogen-bond donors (Lipinski definition) is 1. The zero-order valence-electron chi connectivity index (χ0n) is 14.0. The molecular formula is C16H28N2O3S. The lowest BCUT2D eigenvalue weighted by atomic mass is 10.2. The van der Waals surface area contributed by atoms with Gasteiger partial charge in [0.1, 0.15) is 6.04 Å². The highest BCUT2D eigenvalue weighted by molar-refractivity contribution is 7.88. The quantitative estimate of drug-likeness (QED) is 0.922. The molecule has 0 aliphatic carbocycles. The number of primary amides is 1. The first-order chi connectivity index (χ1) is 10.5. The summed E-state index contributed by atoms with van der Waals surface area (Å²) in [6.45, 7) is 8.38. The SMILES string of the molecule is CC.CC.NC(=O)C1CCCN1S(=O)(=O)Cc1ccccc1. The summed E-state index contributed by atoms with van der Waals surface area (Å²) in [6.07, 6.45) is 1.20. The van der Waals surface area contributed by atoms with E-state index in [1.54, 1.807) is 24.3 Å². The summed E-state index contributed by atoms with van der Waals surface area (Å²) in [4.78, 5) is 11.2. The predicted octanol–water partition coefficient (Wildman–Crippen LogP) is 2.52. The summed E-state index contributed by atoms with van der Waals surface area (Å²) in [5.74, 6) is -0.651. The van der Waals surface area contributed by atoms with Crippen molar-refractivity contribution in [3.05, 3.63) is 35.9 Å². The smallest absolute Gasteiger partial charge is 0.235 e. The Morgan fingerprint density at radius 2 is 1.73 bits per heavy atom. The number of carbonyl (C=O) groups is 1. The van der Waals surface area contributed by atoms with Crippen molar-refractivity contribution in [1.82, 2.24) is 4.31 Å². The molecule has 1 aromatic rings. The third-order valence-electron chi connectivity index (χ3n) is 3.08. The van der Waals surface area contributed by atoms with Gasteiger partial charge in [-0.25, -0.2) is 8.42 Å². The minimum absolute atomic E-state index is 0.0857. The van der Waals surface area contributed by atoms with E-state index in [9.17, 15) is 13.2 Å². The van der Waals surface area contributed by atoms with E-state index in [1.165, 1.54) is 4.31 Å². The second-order valence-corrected chi connectivity index (χ2v) is 6.33. The number of amides is 1. The summed E-state index contributed by atoms with van der Waals surface area (Å²) in [7, 11) is -3.47. The molecule has 1 fully saturated rings. The van der Waals surface area contributed by atoms with Crippen molar-refractivity contribution in [2.45, 2.75) is 52.3 Å². The van der Waals surface area contributed by atoms with Crippen molar-refractivity contribution >= 4 is 15.9 Å². The molecule has 1 atom stereocenters. The maximum absolute atomic E-state index is 12.2. The number of nitrogens with two attached hydrogens (primary N) is 1. The van der Waals surface area contributed by atoms with Crippen LogP contribution in [0.2, 0.25) is 0 Å². The van der Waals surface area contributed by atoms with E-state index in [-0.39, 0.29) is 5.75 Å². The van der Waals surface area contributed by atoms with E-state index in [2.05, 4.69) is 0 Å². The van der Waals surface area contributed by atoms with Gasteiger partial charge in [0.25, 0.3) is 0 Å². The van der Waals surface area contributed by atoms with Crippen LogP contribution in [0.5, 0.6) is 0 Å². The van der Waals surface area contributed by atoms with Crippen molar-refractivity contribution in [2.24, 2.45) is 5.73 Å². The zero-order valence-corrected chi connectivity index (χ0v) is 14.8. The summed E-state index contributed by atoms with van der Waals surface area (Å²) in [5, 5.41) is 0. The fourth-order valence-corrected chi connectivity index (χ4v) is 4.01. The molecule has 1 aliphatic rings. The molecule has 2 N–H and O–H groups in total. The summed E-state index contributed by atoms with van der Waals surface area (Å²) in [5.41, 5.74) is 5.95. The van der Waals surface area contributed by atoms with Crippen LogP contribution >= 0.6 is 0 Å². The van der Waals surface area contributed by atoms with Gasteiger partial charge in [0.2, 0.25) is 15.9 Å². The Labute approximate surface area is 134 Å². The molecule has 1 saturated heterocycles. The van der Waals surface area contributed by atoms with E-state index >= 15 is 0 Å². The fourth-order valence-electron chi connectivity index (χ4n) is 2.23. The molecule has 126 valence electrons. The molecule has 6 heteroatoms. The predicted molar refractivity (Wildman–Crippen MR) is 90.7 cm³/mol. The third kappa shape index (κ3) is 5.77. The van der Waals surface area contributed by atoms with Gasteiger partial charge < -0.3 is 5.73 Å². The second kappa shape index (κ2) is 10.3. The topological polar surface area (TPSA) is 80.5 Å². The van der Waals surface area contributed by atoms with Gasteiger partial charge in [-0.2, -0.15) is 4.31 Å². The van der Waals surface area contributed by atoms with Crippen LogP contribution in [0.25, 0.3) is 0 Å². The van der Waals surface area contributed by atoms with Gasteiger partial charge in [0.15, 0.2) is 0 Å². The monoisotopic (exact) mass is 328 g/mol. The Kier molecular flexibility index (Phi) is 9.69. The Balaban J connectivity index is 0.00000102. The van der Waals surface area contributed by atoms with Gasteiger partial charge in [0.05, 0.1) is 5.75 Å². The van der Waals surface area contributed by atoms with Crippen LogP contribution in [0.1, 0.15) is 46.1 Å². The largest absolute Gasteiger partial charge is 0.368 e. The fraction of sp³-hybridized carbons (Fsp3) is 0.562. The van der Waals surface area contributed by atoms with Crippen molar-refractivity contribution in [2.75, 3.05) is 6.54 Å². The summed E-state index contributed by atoms with van der Waals surface area (Å²) in [6, 6.07) is 8.25. The Morgan fingerprint density at radius 1 is 1.18 bits per heavy atom. The van der Waals surface area contributed by atoms with Crippen LogP contribution in [0, 0.1) is 0 Å². The highest BCUT2D eigenvalue weighted by Gasteiger charge is 2.37. The lowest BCUT2D eigenvalue weighted by molar-refractivity contribution is -0.121. The highest BCUT2D eigenvalue weighted by Crippen LogP contribution is 2.23.